The Labute approximate surface area is 148 Å². The number of benzene rings is 2. The van der Waals surface area contributed by atoms with Crippen LogP contribution in [0.2, 0.25) is 0 Å². The fourth-order valence-corrected chi connectivity index (χ4v) is 2.51. The van der Waals surface area contributed by atoms with Crippen molar-refractivity contribution in [2.75, 3.05) is 7.11 Å². The molecule has 0 aliphatic carbocycles. The van der Waals surface area contributed by atoms with Gasteiger partial charge < -0.3 is 14.8 Å². The van der Waals surface area contributed by atoms with Gasteiger partial charge in [-0.1, -0.05) is 36.4 Å². The van der Waals surface area contributed by atoms with Crippen LogP contribution in [0.3, 0.4) is 0 Å². The molecule has 25 heavy (non-hydrogen) atoms. The predicted octanol–water partition coefficient (Wildman–Crippen LogP) is 3.96. The molecule has 0 aliphatic heterocycles. The van der Waals surface area contributed by atoms with Gasteiger partial charge in [-0.05, 0) is 35.9 Å². The van der Waals surface area contributed by atoms with E-state index >= 15 is 0 Å². The number of para-hydroxylation sites is 1. The lowest BCUT2D eigenvalue weighted by molar-refractivity contribution is 0.297. The van der Waals surface area contributed by atoms with Crippen LogP contribution in [-0.2, 0) is 19.7 Å². The molecule has 2 aromatic carbocycles. The number of rotatable bonds is 8. The van der Waals surface area contributed by atoms with Gasteiger partial charge in [-0.25, -0.2) is 0 Å². The first-order valence-electron chi connectivity index (χ1n) is 8.29. The average Bonchev–Trinajstić information content (AvgIpc) is 2.68. The standard InChI is InChI=1S/C21H22N2O2/c1-24-20-11-9-17(10-12-20)14-22-15-18-6-2-3-8-21(18)25-16-19-7-4-5-13-23-19/h2-13,22H,14-16H2,1H3. The zero-order valence-electron chi connectivity index (χ0n) is 14.3. The number of hydrogen-bond acceptors (Lipinski definition) is 4. The van der Waals surface area contributed by atoms with Gasteiger partial charge in [-0.2, -0.15) is 0 Å². The second-order valence-corrected chi connectivity index (χ2v) is 5.67. The minimum absolute atomic E-state index is 0.469. The van der Waals surface area contributed by atoms with E-state index in [2.05, 4.69) is 28.5 Å². The number of pyridine rings is 1. The maximum Gasteiger partial charge on any atom is 0.130 e. The molecule has 4 heteroatoms. The lowest BCUT2D eigenvalue weighted by Crippen LogP contribution is -2.13. The fraction of sp³-hybridized carbons (Fsp3) is 0.190. The van der Waals surface area contributed by atoms with Crippen LogP contribution >= 0.6 is 0 Å². The average molecular weight is 334 g/mol. The SMILES string of the molecule is COc1ccc(CNCc2ccccc2OCc2ccccn2)cc1. The van der Waals surface area contributed by atoms with Crippen LogP contribution in [0.15, 0.2) is 72.9 Å². The minimum Gasteiger partial charge on any atom is -0.497 e. The third kappa shape index (κ3) is 5.06. The first kappa shape index (κ1) is 17.0. The smallest absolute Gasteiger partial charge is 0.130 e. The zero-order valence-corrected chi connectivity index (χ0v) is 14.3. The molecule has 1 N–H and O–H groups in total. The molecule has 3 aromatic rings. The van der Waals surface area contributed by atoms with Gasteiger partial charge in [0, 0.05) is 24.8 Å². The van der Waals surface area contributed by atoms with Gasteiger partial charge in [0.2, 0.25) is 0 Å². The molecule has 0 radical (unpaired) electrons. The Morgan fingerprint density at radius 3 is 2.44 bits per heavy atom. The Morgan fingerprint density at radius 2 is 1.68 bits per heavy atom. The van der Waals surface area contributed by atoms with Crippen molar-refractivity contribution in [3.63, 3.8) is 0 Å². The predicted molar refractivity (Wildman–Crippen MR) is 98.5 cm³/mol. The highest BCUT2D eigenvalue weighted by Crippen LogP contribution is 2.19. The molecular formula is C21H22N2O2. The van der Waals surface area contributed by atoms with Gasteiger partial charge in [0.25, 0.3) is 0 Å². The van der Waals surface area contributed by atoms with E-state index < -0.39 is 0 Å². The Morgan fingerprint density at radius 1 is 0.880 bits per heavy atom. The van der Waals surface area contributed by atoms with E-state index in [0.717, 1.165) is 35.8 Å². The minimum atomic E-state index is 0.469. The molecule has 1 aromatic heterocycles. The van der Waals surface area contributed by atoms with Crippen LogP contribution in [0.4, 0.5) is 0 Å². The summed E-state index contributed by atoms with van der Waals surface area (Å²) in [5.74, 6) is 1.76. The van der Waals surface area contributed by atoms with Crippen LogP contribution in [-0.4, -0.2) is 12.1 Å². The molecule has 0 fully saturated rings. The number of aromatic nitrogens is 1. The van der Waals surface area contributed by atoms with E-state index in [0.29, 0.717) is 6.61 Å². The summed E-state index contributed by atoms with van der Waals surface area (Å²) < 4.78 is 11.1. The Bertz CT molecular complexity index is 773. The molecule has 1 heterocycles. The maximum absolute atomic E-state index is 5.94. The highest BCUT2D eigenvalue weighted by Gasteiger charge is 2.04. The summed E-state index contributed by atoms with van der Waals surface area (Å²) in [7, 11) is 1.68. The molecule has 128 valence electrons. The molecule has 0 saturated carbocycles. The lowest BCUT2D eigenvalue weighted by atomic mass is 10.2. The molecule has 3 rings (SSSR count). The Hall–Kier alpha value is -2.85. The molecule has 4 nitrogen and oxygen atoms in total. The summed E-state index contributed by atoms with van der Waals surface area (Å²) in [5, 5.41) is 3.46. The van der Waals surface area contributed by atoms with Gasteiger partial charge in [0.15, 0.2) is 0 Å². The first-order chi connectivity index (χ1) is 12.3. The largest absolute Gasteiger partial charge is 0.497 e. The van der Waals surface area contributed by atoms with Crippen molar-refractivity contribution in [2.24, 2.45) is 0 Å². The summed E-state index contributed by atoms with van der Waals surface area (Å²) in [6, 6.07) is 22.0. The van der Waals surface area contributed by atoms with Gasteiger partial charge in [0.1, 0.15) is 18.1 Å². The fourth-order valence-electron chi connectivity index (χ4n) is 2.51. The van der Waals surface area contributed by atoms with Crippen molar-refractivity contribution in [2.45, 2.75) is 19.7 Å². The monoisotopic (exact) mass is 334 g/mol. The van der Waals surface area contributed by atoms with Crippen molar-refractivity contribution in [3.05, 3.63) is 89.7 Å². The molecule has 0 aliphatic rings. The molecule has 0 unspecified atom stereocenters. The summed E-state index contributed by atoms with van der Waals surface area (Å²) >= 11 is 0. The van der Waals surface area contributed by atoms with E-state index in [4.69, 9.17) is 9.47 Å². The van der Waals surface area contributed by atoms with Crippen LogP contribution < -0.4 is 14.8 Å². The summed E-state index contributed by atoms with van der Waals surface area (Å²) in [6.45, 7) is 2.00. The van der Waals surface area contributed by atoms with Crippen LogP contribution in [0.25, 0.3) is 0 Å². The van der Waals surface area contributed by atoms with E-state index in [1.807, 2.05) is 48.5 Å². The van der Waals surface area contributed by atoms with Gasteiger partial charge in [-0.15, -0.1) is 0 Å². The quantitative estimate of drug-likeness (QED) is 0.677. The maximum atomic E-state index is 5.94. The number of hydrogen-bond donors (Lipinski definition) is 1. The van der Waals surface area contributed by atoms with Gasteiger partial charge >= 0.3 is 0 Å². The highest BCUT2D eigenvalue weighted by molar-refractivity contribution is 5.33. The summed E-state index contributed by atoms with van der Waals surface area (Å²) in [5.41, 5.74) is 3.27. The second kappa shape index (κ2) is 8.85. The Balaban J connectivity index is 1.55. The van der Waals surface area contributed by atoms with Crippen molar-refractivity contribution in [1.29, 1.82) is 0 Å². The van der Waals surface area contributed by atoms with E-state index in [9.17, 15) is 0 Å². The summed E-state index contributed by atoms with van der Waals surface area (Å²) in [4.78, 5) is 4.29. The second-order valence-electron chi connectivity index (χ2n) is 5.67. The third-order valence-corrected chi connectivity index (χ3v) is 3.88. The summed E-state index contributed by atoms with van der Waals surface area (Å²) in [6.07, 6.45) is 1.78. The zero-order chi connectivity index (χ0) is 17.3. The highest BCUT2D eigenvalue weighted by atomic mass is 16.5. The molecule has 0 amide bonds. The van der Waals surface area contributed by atoms with E-state index in [-0.39, 0.29) is 0 Å². The first-order valence-corrected chi connectivity index (χ1v) is 8.29. The molecule has 0 atom stereocenters. The lowest BCUT2D eigenvalue weighted by Gasteiger charge is -2.12. The van der Waals surface area contributed by atoms with Crippen molar-refractivity contribution in [3.8, 4) is 11.5 Å². The number of methoxy groups -OCH3 is 1. The van der Waals surface area contributed by atoms with Crippen LogP contribution in [0.1, 0.15) is 16.8 Å². The molecule has 0 saturated heterocycles. The third-order valence-electron chi connectivity index (χ3n) is 3.88. The molecule has 0 bridgehead atoms. The van der Waals surface area contributed by atoms with Crippen LogP contribution in [0, 0.1) is 0 Å². The van der Waals surface area contributed by atoms with Gasteiger partial charge in [0.05, 0.1) is 12.8 Å². The van der Waals surface area contributed by atoms with Crippen molar-refractivity contribution in [1.82, 2.24) is 10.3 Å². The van der Waals surface area contributed by atoms with Crippen molar-refractivity contribution >= 4 is 0 Å². The van der Waals surface area contributed by atoms with Gasteiger partial charge in [-0.3, -0.25) is 4.98 Å². The number of nitrogens with zero attached hydrogens (tertiary/aromatic N) is 1. The van der Waals surface area contributed by atoms with Crippen molar-refractivity contribution < 1.29 is 9.47 Å². The number of ether oxygens (including phenoxy) is 2. The van der Waals surface area contributed by atoms with E-state index in [1.165, 1.54) is 5.56 Å². The number of nitrogens with one attached hydrogen (secondary N) is 1. The topological polar surface area (TPSA) is 43.4 Å². The Kier molecular flexibility index (Phi) is 6.01. The molecular weight excluding hydrogens is 312 g/mol. The molecule has 0 spiro atoms. The normalized spacial score (nSPS) is 10.4. The van der Waals surface area contributed by atoms with E-state index in [1.54, 1.807) is 13.3 Å². The van der Waals surface area contributed by atoms with Crippen LogP contribution in [0.5, 0.6) is 11.5 Å².